The van der Waals surface area contributed by atoms with Crippen molar-refractivity contribution < 1.29 is 15.0 Å². The highest BCUT2D eigenvalue weighted by Crippen LogP contribution is 2.19. The van der Waals surface area contributed by atoms with E-state index in [1.165, 1.54) is 18.2 Å². The number of nitrogens with two attached hydrogens (primary N) is 1. The molecule has 0 aliphatic rings. The predicted molar refractivity (Wildman–Crippen MR) is 46.7 cm³/mol. The molecule has 12 heavy (non-hydrogen) atoms. The van der Waals surface area contributed by atoms with Gasteiger partial charge in [0.25, 0.3) is 0 Å². The zero-order chi connectivity index (χ0) is 8.43. The van der Waals surface area contributed by atoms with Crippen LogP contribution in [-0.2, 0) is 0 Å². The lowest BCUT2D eigenvalue weighted by Crippen LogP contribution is -1.97. The van der Waals surface area contributed by atoms with Crippen LogP contribution in [0.4, 0.5) is 5.69 Å². The topological polar surface area (TPSA) is 83.6 Å². The minimum atomic E-state index is -1.06. The van der Waals surface area contributed by atoms with E-state index in [0.29, 0.717) is 0 Å². The number of phenolic OH excluding ortho intramolecular Hbond substituents is 1. The molecular formula is C7H8ClNO3. The summed E-state index contributed by atoms with van der Waals surface area (Å²) in [6.45, 7) is 0. The molecule has 0 saturated carbocycles. The van der Waals surface area contributed by atoms with Crippen LogP contribution in [0.1, 0.15) is 10.4 Å². The second-order valence-corrected chi connectivity index (χ2v) is 2.08. The Hall–Kier alpha value is -1.42. The van der Waals surface area contributed by atoms with Gasteiger partial charge >= 0.3 is 5.97 Å². The first kappa shape index (κ1) is 10.6. The maximum atomic E-state index is 10.3. The maximum Gasteiger partial charge on any atom is 0.335 e. The van der Waals surface area contributed by atoms with Gasteiger partial charge in [-0.15, -0.1) is 12.4 Å². The number of hydrogen-bond acceptors (Lipinski definition) is 3. The molecule has 1 rings (SSSR count). The van der Waals surface area contributed by atoms with Gasteiger partial charge in [0.15, 0.2) is 0 Å². The minimum Gasteiger partial charge on any atom is -0.506 e. The van der Waals surface area contributed by atoms with Crippen molar-refractivity contribution in [3.63, 3.8) is 0 Å². The Kier molecular flexibility index (Phi) is 3.37. The molecule has 4 nitrogen and oxygen atoms in total. The van der Waals surface area contributed by atoms with Crippen molar-refractivity contribution in [2.45, 2.75) is 0 Å². The molecule has 0 bridgehead atoms. The minimum absolute atomic E-state index is 0. The molecule has 1 aromatic rings. The quantitative estimate of drug-likeness (QED) is 0.456. The fourth-order valence-corrected chi connectivity index (χ4v) is 0.688. The van der Waals surface area contributed by atoms with Crippen LogP contribution in [0.5, 0.6) is 5.75 Å². The summed E-state index contributed by atoms with van der Waals surface area (Å²) in [5.74, 6) is -1.16. The molecule has 0 aliphatic heterocycles. The monoisotopic (exact) mass is 189 g/mol. The largest absolute Gasteiger partial charge is 0.506 e. The van der Waals surface area contributed by atoms with Crippen molar-refractivity contribution in [3.8, 4) is 5.75 Å². The number of carboxylic acid groups (broad SMARTS) is 1. The molecule has 0 atom stereocenters. The number of anilines is 1. The first-order valence-electron chi connectivity index (χ1n) is 2.93. The Morgan fingerprint density at radius 2 is 2.00 bits per heavy atom. The van der Waals surface area contributed by atoms with E-state index in [0.717, 1.165) is 0 Å². The lowest BCUT2D eigenvalue weighted by Gasteiger charge is -1.98. The lowest BCUT2D eigenvalue weighted by molar-refractivity contribution is 0.0697. The highest BCUT2D eigenvalue weighted by molar-refractivity contribution is 5.89. The second kappa shape index (κ2) is 3.82. The Balaban J connectivity index is 0.00000121. The molecule has 4 N–H and O–H groups in total. The number of hydrogen-bond donors (Lipinski definition) is 3. The number of carbonyl (C=O) groups is 1. The fourth-order valence-electron chi connectivity index (χ4n) is 0.688. The van der Waals surface area contributed by atoms with E-state index in [9.17, 15) is 4.79 Å². The number of phenols is 1. The van der Waals surface area contributed by atoms with Crippen LogP contribution in [0.2, 0.25) is 0 Å². The van der Waals surface area contributed by atoms with Gasteiger partial charge in [-0.05, 0) is 18.2 Å². The lowest BCUT2D eigenvalue weighted by atomic mass is 10.2. The molecule has 0 saturated heterocycles. The number of carboxylic acids is 1. The Bertz CT molecular complexity index is 301. The number of benzene rings is 1. The van der Waals surface area contributed by atoms with Crippen LogP contribution < -0.4 is 5.73 Å². The van der Waals surface area contributed by atoms with Crippen molar-refractivity contribution in [2.24, 2.45) is 0 Å². The van der Waals surface area contributed by atoms with E-state index in [4.69, 9.17) is 15.9 Å². The average molecular weight is 190 g/mol. The third-order valence-electron chi connectivity index (χ3n) is 1.27. The molecule has 5 heteroatoms. The van der Waals surface area contributed by atoms with Gasteiger partial charge in [0.2, 0.25) is 0 Å². The fraction of sp³-hybridized carbons (Fsp3) is 0. The normalized spacial score (nSPS) is 8.67. The summed E-state index contributed by atoms with van der Waals surface area (Å²) < 4.78 is 0. The summed E-state index contributed by atoms with van der Waals surface area (Å²) in [5, 5.41) is 17.4. The van der Waals surface area contributed by atoms with Crippen LogP contribution in [-0.4, -0.2) is 16.2 Å². The highest BCUT2D eigenvalue weighted by Gasteiger charge is 2.04. The highest BCUT2D eigenvalue weighted by atomic mass is 35.5. The third-order valence-corrected chi connectivity index (χ3v) is 1.27. The van der Waals surface area contributed by atoms with Gasteiger partial charge in [0.05, 0.1) is 11.3 Å². The van der Waals surface area contributed by atoms with Crippen molar-refractivity contribution >= 4 is 24.1 Å². The zero-order valence-corrected chi connectivity index (χ0v) is 6.84. The van der Waals surface area contributed by atoms with Gasteiger partial charge in [-0.2, -0.15) is 0 Å². The first-order valence-corrected chi connectivity index (χ1v) is 2.93. The van der Waals surface area contributed by atoms with E-state index >= 15 is 0 Å². The van der Waals surface area contributed by atoms with Gasteiger partial charge < -0.3 is 15.9 Å². The van der Waals surface area contributed by atoms with Crippen molar-refractivity contribution in [1.29, 1.82) is 0 Å². The number of aromatic carboxylic acids is 1. The summed E-state index contributed by atoms with van der Waals surface area (Å²) in [5.41, 5.74) is 5.39. The van der Waals surface area contributed by atoms with Gasteiger partial charge in [0, 0.05) is 0 Å². The Morgan fingerprint density at radius 3 is 2.42 bits per heavy atom. The molecule has 1 aromatic carbocycles. The van der Waals surface area contributed by atoms with Crippen LogP contribution in [0, 0.1) is 0 Å². The Labute approximate surface area is 75.0 Å². The molecule has 66 valence electrons. The maximum absolute atomic E-state index is 10.3. The van der Waals surface area contributed by atoms with Crippen molar-refractivity contribution in [3.05, 3.63) is 23.8 Å². The van der Waals surface area contributed by atoms with Crippen molar-refractivity contribution in [1.82, 2.24) is 0 Å². The number of halogens is 1. The third kappa shape index (κ3) is 2.03. The number of aromatic hydroxyl groups is 1. The average Bonchev–Trinajstić information content (AvgIpc) is 1.94. The summed E-state index contributed by atoms with van der Waals surface area (Å²) in [6.07, 6.45) is 0. The van der Waals surface area contributed by atoms with Gasteiger partial charge in [-0.1, -0.05) is 0 Å². The summed E-state index contributed by atoms with van der Waals surface area (Å²) >= 11 is 0. The van der Waals surface area contributed by atoms with E-state index < -0.39 is 5.97 Å². The summed E-state index contributed by atoms with van der Waals surface area (Å²) in [7, 11) is 0. The second-order valence-electron chi connectivity index (χ2n) is 2.08. The standard InChI is InChI=1S/C7H7NO3.ClH/c8-5-3-4(7(10)11)1-2-6(5)9;/h1-3,9H,8H2,(H,10,11);1H. The summed E-state index contributed by atoms with van der Waals surface area (Å²) in [4.78, 5) is 10.3. The van der Waals surface area contributed by atoms with E-state index in [-0.39, 0.29) is 29.4 Å². The van der Waals surface area contributed by atoms with E-state index in [1.54, 1.807) is 0 Å². The first-order chi connectivity index (χ1) is 5.11. The molecule has 0 amide bonds. The molecule has 0 heterocycles. The van der Waals surface area contributed by atoms with E-state index in [1.807, 2.05) is 0 Å². The van der Waals surface area contributed by atoms with Crippen LogP contribution in [0.15, 0.2) is 18.2 Å². The summed E-state index contributed by atoms with van der Waals surface area (Å²) in [6, 6.07) is 3.74. The van der Waals surface area contributed by atoms with Crippen LogP contribution in [0.3, 0.4) is 0 Å². The molecular weight excluding hydrogens is 182 g/mol. The van der Waals surface area contributed by atoms with Gasteiger partial charge in [0.1, 0.15) is 5.75 Å². The molecule has 0 spiro atoms. The Morgan fingerprint density at radius 1 is 1.42 bits per heavy atom. The van der Waals surface area contributed by atoms with Crippen LogP contribution in [0.25, 0.3) is 0 Å². The molecule has 0 fully saturated rings. The molecule has 0 aromatic heterocycles. The van der Waals surface area contributed by atoms with Gasteiger partial charge in [-0.3, -0.25) is 0 Å². The number of nitrogen functional groups attached to an aromatic ring is 1. The van der Waals surface area contributed by atoms with Crippen LogP contribution >= 0.6 is 12.4 Å². The smallest absolute Gasteiger partial charge is 0.335 e. The van der Waals surface area contributed by atoms with E-state index in [2.05, 4.69) is 0 Å². The molecule has 0 unspecified atom stereocenters. The SMILES string of the molecule is Cl.Nc1cc(C(=O)O)ccc1O. The van der Waals surface area contributed by atoms with Crippen molar-refractivity contribution in [2.75, 3.05) is 5.73 Å². The number of rotatable bonds is 1. The van der Waals surface area contributed by atoms with Gasteiger partial charge in [-0.25, -0.2) is 4.79 Å². The predicted octanol–water partition coefficient (Wildman–Crippen LogP) is 1.09. The molecule has 0 aliphatic carbocycles. The molecule has 0 radical (unpaired) electrons. The zero-order valence-electron chi connectivity index (χ0n) is 6.02.